The fourth-order valence-electron chi connectivity index (χ4n) is 1.90. The van der Waals surface area contributed by atoms with Crippen LogP contribution in [-0.4, -0.2) is 25.3 Å². The van der Waals surface area contributed by atoms with Crippen molar-refractivity contribution in [2.75, 3.05) is 14.2 Å². The lowest BCUT2D eigenvalue weighted by Gasteiger charge is -2.10. The highest BCUT2D eigenvalue weighted by Gasteiger charge is 2.09. The summed E-state index contributed by atoms with van der Waals surface area (Å²) in [6, 6.07) is 7.08. The van der Waals surface area contributed by atoms with E-state index in [1.807, 2.05) is 18.2 Å². The van der Waals surface area contributed by atoms with Gasteiger partial charge in [0.2, 0.25) is 0 Å². The zero-order chi connectivity index (χ0) is 15.2. The quantitative estimate of drug-likeness (QED) is 0.814. The van der Waals surface area contributed by atoms with Gasteiger partial charge in [0.25, 0.3) is 0 Å². The number of furan rings is 1. The van der Waals surface area contributed by atoms with Crippen LogP contribution in [0.2, 0.25) is 0 Å². The molecule has 21 heavy (non-hydrogen) atoms. The molecule has 1 aromatic heterocycles. The molecule has 0 unspecified atom stereocenters. The van der Waals surface area contributed by atoms with Crippen LogP contribution in [0.1, 0.15) is 21.7 Å². The van der Waals surface area contributed by atoms with Crippen LogP contribution in [0, 0.1) is 0 Å². The number of benzene rings is 1. The fraction of sp³-hybridized carbons (Fsp3) is 0.267. The first-order chi connectivity index (χ1) is 10.1. The molecule has 0 saturated heterocycles. The minimum absolute atomic E-state index is 0.147. The molecule has 1 aromatic carbocycles. The van der Waals surface area contributed by atoms with Crippen molar-refractivity contribution in [3.63, 3.8) is 0 Å². The molecule has 0 bridgehead atoms. The van der Waals surface area contributed by atoms with E-state index in [1.54, 1.807) is 14.2 Å². The smallest absolute Gasteiger partial charge is 0.338 e. The van der Waals surface area contributed by atoms with Crippen LogP contribution in [0.25, 0.3) is 0 Å². The van der Waals surface area contributed by atoms with E-state index in [0.717, 1.165) is 17.1 Å². The average molecular weight is 291 g/mol. The molecule has 0 radical (unpaired) electrons. The lowest BCUT2D eigenvalue weighted by molar-refractivity contribution is 0.0696. The Morgan fingerprint density at radius 3 is 2.67 bits per heavy atom. The lowest BCUT2D eigenvalue weighted by Crippen LogP contribution is -2.13. The summed E-state index contributed by atoms with van der Waals surface area (Å²) in [6.45, 7) is 0.999. The molecule has 0 amide bonds. The van der Waals surface area contributed by atoms with Crippen LogP contribution in [0.15, 0.2) is 34.9 Å². The second-order valence-electron chi connectivity index (χ2n) is 4.39. The fourth-order valence-corrected chi connectivity index (χ4v) is 1.90. The molecule has 2 N–H and O–H groups in total. The number of aromatic carboxylic acids is 1. The Hall–Kier alpha value is -2.47. The molecular formula is C15H17NO5. The van der Waals surface area contributed by atoms with Gasteiger partial charge < -0.3 is 24.3 Å². The highest BCUT2D eigenvalue weighted by atomic mass is 16.5. The maximum atomic E-state index is 10.7. The van der Waals surface area contributed by atoms with Gasteiger partial charge in [0, 0.05) is 18.2 Å². The third-order valence-electron chi connectivity index (χ3n) is 3.01. The maximum Gasteiger partial charge on any atom is 0.338 e. The number of rotatable bonds is 7. The van der Waals surface area contributed by atoms with Gasteiger partial charge in [-0.3, -0.25) is 0 Å². The molecule has 112 valence electrons. The minimum atomic E-state index is -0.998. The molecule has 0 saturated carbocycles. The molecule has 0 spiro atoms. The van der Waals surface area contributed by atoms with Crippen molar-refractivity contribution in [2.24, 2.45) is 0 Å². The highest BCUT2D eigenvalue weighted by Crippen LogP contribution is 2.24. The van der Waals surface area contributed by atoms with E-state index >= 15 is 0 Å². The van der Waals surface area contributed by atoms with Gasteiger partial charge in [-0.15, -0.1) is 0 Å². The third-order valence-corrected chi connectivity index (χ3v) is 3.01. The van der Waals surface area contributed by atoms with E-state index in [0.29, 0.717) is 18.8 Å². The van der Waals surface area contributed by atoms with Crippen LogP contribution in [0.3, 0.4) is 0 Å². The zero-order valence-electron chi connectivity index (χ0n) is 11.9. The van der Waals surface area contributed by atoms with Crippen LogP contribution in [0.5, 0.6) is 11.5 Å². The molecule has 0 atom stereocenters. The molecule has 6 nitrogen and oxygen atoms in total. The summed E-state index contributed by atoms with van der Waals surface area (Å²) >= 11 is 0. The Balaban J connectivity index is 1.94. The van der Waals surface area contributed by atoms with Gasteiger partial charge in [-0.2, -0.15) is 0 Å². The Labute approximate surface area is 122 Å². The third kappa shape index (κ3) is 3.76. The molecule has 2 aromatic rings. The van der Waals surface area contributed by atoms with Crippen molar-refractivity contribution >= 4 is 5.97 Å². The standard InChI is InChI=1S/C15H17NO5/c1-19-12-4-3-10(14(6-12)20-2)7-16-8-13-5-11(9-21-13)15(17)18/h3-6,9,16H,7-8H2,1-2H3,(H,17,18). The Morgan fingerprint density at radius 1 is 1.24 bits per heavy atom. The van der Waals surface area contributed by atoms with Crippen molar-refractivity contribution in [1.82, 2.24) is 5.32 Å². The van der Waals surface area contributed by atoms with Gasteiger partial charge in [0.05, 0.1) is 26.3 Å². The van der Waals surface area contributed by atoms with E-state index < -0.39 is 5.97 Å². The van der Waals surface area contributed by atoms with Gasteiger partial charge in [-0.05, 0) is 12.1 Å². The topological polar surface area (TPSA) is 80.9 Å². The molecule has 6 heteroatoms. The predicted octanol–water partition coefficient (Wildman–Crippen LogP) is 2.28. The summed E-state index contributed by atoms with van der Waals surface area (Å²) in [6.07, 6.45) is 1.23. The van der Waals surface area contributed by atoms with Crippen LogP contribution in [0.4, 0.5) is 0 Å². The van der Waals surface area contributed by atoms with E-state index in [-0.39, 0.29) is 5.56 Å². The summed E-state index contributed by atoms with van der Waals surface area (Å²) in [5.41, 5.74) is 1.12. The van der Waals surface area contributed by atoms with Crippen molar-refractivity contribution in [2.45, 2.75) is 13.1 Å². The van der Waals surface area contributed by atoms with Crippen molar-refractivity contribution in [1.29, 1.82) is 0 Å². The number of ether oxygens (including phenoxy) is 2. The van der Waals surface area contributed by atoms with Crippen molar-refractivity contribution in [3.8, 4) is 11.5 Å². The van der Waals surface area contributed by atoms with E-state index in [2.05, 4.69) is 5.32 Å². The summed E-state index contributed by atoms with van der Waals surface area (Å²) < 4.78 is 15.6. The molecular weight excluding hydrogens is 274 g/mol. The summed E-state index contributed by atoms with van der Waals surface area (Å²) in [5, 5.41) is 12.0. The number of nitrogens with one attached hydrogen (secondary N) is 1. The normalized spacial score (nSPS) is 10.4. The number of carboxylic acids is 1. The monoisotopic (exact) mass is 291 g/mol. The number of carboxylic acid groups (broad SMARTS) is 1. The molecule has 1 heterocycles. The number of hydrogen-bond acceptors (Lipinski definition) is 5. The lowest BCUT2D eigenvalue weighted by atomic mass is 10.2. The summed E-state index contributed by atoms with van der Waals surface area (Å²) in [7, 11) is 3.20. The Kier molecular flexibility index (Phi) is 4.84. The number of methoxy groups -OCH3 is 2. The van der Waals surface area contributed by atoms with Gasteiger partial charge in [0.1, 0.15) is 23.5 Å². The van der Waals surface area contributed by atoms with Crippen LogP contribution < -0.4 is 14.8 Å². The Morgan fingerprint density at radius 2 is 2.05 bits per heavy atom. The summed E-state index contributed by atoms with van der Waals surface area (Å²) in [5.74, 6) is 1.03. The molecule has 0 fully saturated rings. The number of carbonyl (C=O) groups is 1. The minimum Gasteiger partial charge on any atom is -0.497 e. The van der Waals surface area contributed by atoms with Gasteiger partial charge in [-0.25, -0.2) is 4.79 Å². The average Bonchev–Trinajstić information content (AvgIpc) is 2.96. The van der Waals surface area contributed by atoms with Crippen molar-refractivity contribution in [3.05, 3.63) is 47.4 Å². The second kappa shape index (κ2) is 6.81. The van der Waals surface area contributed by atoms with E-state index in [4.69, 9.17) is 19.0 Å². The number of hydrogen-bond donors (Lipinski definition) is 2. The molecule has 2 rings (SSSR count). The Bertz CT molecular complexity index is 620. The first kappa shape index (κ1) is 14.9. The molecule has 0 aliphatic rings. The predicted molar refractivity (Wildman–Crippen MR) is 75.8 cm³/mol. The van der Waals surface area contributed by atoms with Gasteiger partial charge in [0.15, 0.2) is 0 Å². The van der Waals surface area contributed by atoms with Gasteiger partial charge in [-0.1, -0.05) is 6.07 Å². The van der Waals surface area contributed by atoms with Crippen LogP contribution in [-0.2, 0) is 13.1 Å². The highest BCUT2D eigenvalue weighted by molar-refractivity contribution is 5.87. The largest absolute Gasteiger partial charge is 0.497 e. The molecule has 0 aliphatic heterocycles. The van der Waals surface area contributed by atoms with Crippen molar-refractivity contribution < 1.29 is 23.8 Å². The SMILES string of the molecule is COc1ccc(CNCc2cc(C(=O)O)co2)c(OC)c1. The van der Waals surface area contributed by atoms with E-state index in [9.17, 15) is 4.79 Å². The first-order valence-electron chi connectivity index (χ1n) is 6.36. The first-order valence-corrected chi connectivity index (χ1v) is 6.36. The van der Waals surface area contributed by atoms with Gasteiger partial charge >= 0.3 is 5.97 Å². The second-order valence-corrected chi connectivity index (χ2v) is 4.39. The van der Waals surface area contributed by atoms with E-state index in [1.165, 1.54) is 12.3 Å². The molecule has 0 aliphatic carbocycles. The zero-order valence-corrected chi connectivity index (χ0v) is 11.9. The van der Waals surface area contributed by atoms with Crippen LogP contribution >= 0.6 is 0 Å². The maximum absolute atomic E-state index is 10.7. The summed E-state index contributed by atoms with van der Waals surface area (Å²) in [4.78, 5) is 10.7.